The van der Waals surface area contributed by atoms with E-state index in [0.717, 1.165) is 11.0 Å². The molecule has 1 unspecified atom stereocenters. The molecular weight excluding hydrogens is 319 g/mol. The maximum Gasteiger partial charge on any atom is 0.279 e. The van der Waals surface area contributed by atoms with Crippen LogP contribution >= 0.6 is 11.6 Å². The number of carbonyl (C=O) groups is 1. The summed E-state index contributed by atoms with van der Waals surface area (Å²) in [6, 6.07) is 3.92. The summed E-state index contributed by atoms with van der Waals surface area (Å²) in [6.45, 7) is 0.0856. The number of halogens is 2. The van der Waals surface area contributed by atoms with Crippen molar-refractivity contribution in [3.63, 3.8) is 0 Å². The van der Waals surface area contributed by atoms with Crippen molar-refractivity contribution in [1.82, 2.24) is 0 Å². The topological polar surface area (TPSA) is 67.7 Å². The van der Waals surface area contributed by atoms with E-state index in [1.165, 1.54) is 12.1 Å². The molecule has 1 amide bonds. The van der Waals surface area contributed by atoms with E-state index in [1.54, 1.807) is 7.05 Å². The zero-order valence-electron chi connectivity index (χ0n) is 11.5. The first-order chi connectivity index (χ1) is 9.77. The van der Waals surface area contributed by atoms with Gasteiger partial charge in [0.1, 0.15) is 17.6 Å². The second-order valence-electron chi connectivity index (χ2n) is 5.30. The second kappa shape index (κ2) is 6.29. The number of hydrogen-bond donors (Lipinski definition) is 2. The van der Waals surface area contributed by atoms with E-state index in [0.29, 0.717) is 6.42 Å². The summed E-state index contributed by atoms with van der Waals surface area (Å²) >= 11 is 5.64. The normalized spacial score (nSPS) is 22.0. The molecule has 116 valence electrons. The summed E-state index contributed by atoms with van der Waals surface area (Å²) in [5.74, 6) is -0.695. The second-order valence-corrected chi connectivity index (χ2v) is 7.96. The van der Waals surface area contributed by atoms with Crippen LogP contribution in [0.25, 0.3) is 0 Å². The van der Waals surface area contributed by atoms with E-state index in [1.807, 2.05) is 0 Å². The Bertz CT molecular complexity index is 651. The van der Waals surface area contributed by atoms with Gasteiger partial charge in [-0.1, -0.05) is 11.6 Å². The fourth-order valence-corrected chi connectivity index (χ4v) is 4.40. The van der Waals surface area contributed by atoms with E-state index in [4.69, 9.17) is 11.6 Å². The Balaban J connectivity index is 1.92. The van der Waals surface area contributed by atoms with Gasteiger partial charge < -0.3 is 10.2 Å². The molecule has 0 saturated carbocycles. The van der Waals surface area contributed by atoms with E-state index in [9.17, 15) is 17.6 Å². The Hall–Kier alpha value is -1.18. The van der Waals surface area contributed by atoms with Gasteiger partial charge in [0.25, 0.3) is 5.91 Å². The molecule has 0 aromatic heterocycles. The lowest BCUT2D eigenvalue weighted by Crippen LogP contribution is -3.14. The summed E-state index contributed by atoms with van der Waals surface area (Å²) in [5, 5.41) is 2.72. The van der Waals surface area contributed by atoms with Crippen LogP contribution in [0, 0.1) is 5.82 Å². The summed E-state index contributed by atoms with van der Waals surface area (Å²) in [6.07, 6.45) is 0.552. The SMILES string of the molecule is C[NH+](CC(=O)Nc1ccc(Cl)cc1F)[C@H]1CCS(=O)(=O)C1. The van der Waals surface area contributed by atoms with Crippen molar-refractivity contribution < 1.29 is 22.5 Å². The van der Waals surface area contributed by atoms with Crippen molar-refractivity contribution in [2.75, 3.05) is 30.4 Å². The number of sulfone groups is 1. The molecule has 2 atom stereocenters. The highest BCUT2D eigenvalue weighted by Crippen LogP contribution is 2.18. The predicted molar refractivity (Wildman–Crippen MR) is 78.9 cm³/mol. The van der Waals surface area contributed by atoms with Crippen LogP contribution in [0.2, 0.25) is 5.02 Å². The van der Waals surface area contributed by atoms with Gasteiger partial charge in [-0.2, -0.15) is 0 Å². The molecule has 1 saturated heterocycles. The van der Waals surface area contributed by atoms with Crippen molar-refractivity contribution in [1.29, 1.82) is 0 Å². The zero-order valence-corrected chi connectivity index (χ0v) is 13.1. The van der Waals surface area contributed by atoms with Gasteiger partial charge in [-0.25, -0.2) is 12.8 Å². The monoisotopic (exact) mass is 335 g/mol. The van der Waals surface area contributed by atoms with Crippen LogP contribution in [-0.4, -0.2) is 45.5 Å². The van der Waals surface area contributed by atoms with Crippen LogP contribution in [0.3, 0.4) is 0 Å². The first-order valence-electron chi connectivity index (χ1n) is 6.54. The van der Waals surface area contributed by atoms with Gasteiger partial charge in [-0.3, -0.25) is 4.79 Å². The minimum Gasteiger partial charge on any atom is -0.326 e. The number of amides is 1. The van der Waals surface area contributed by atoms with Gasteiger partial charge >= 0.3 is 0 Å². The van der Waals surface area contributed by atoms with Gasteiger partial charge in [0, 0.05) is 11.4 Å². The lowest BCUT2D eigenvalue weighted by atomic mass is 10.2. The summed E-state index contributed by atoms with van der Waals surface area (Å²) in [5.41, 5.74) is 0.0660. The fourth-order valence-electron chi connectivity index (χ4n) is 2.37. The molecule has 1 heterocycles. The Morgan fingerprint density at radius 1 is 1.52 bits per heavy atom. The number of quaternary nitrogens is 1. The molecule has 1 aliphatic rings. The minimum absolute atomic E-state index is 0.0660. The van der Waals surface area contributed by atoms with Crippen molar-refractivity contribution in [3.05, 3.63) is 29.0 Å². The molecule has 0 aliphatic carbocycles. The number of anilines is 1. The van der Waals surface area contributed by atoms with Crippen molar-refractivity contribution in [2.45, 2.75) is 12.5 Å². The lowest BCUT2D eigenvalue weighted by Gasteiger charge is -2.19. The van der Waals surface area contributed by atoms with Crippen LogP contribution in [0.5, 0.6) is 0 Å². The first kappa shape index (κ1) is 16.2. The molecule has 1 fully saturated rings. The number of carbonyl (C=O) groups excluding carboxylic acids is 1. The molecule has 1 aromatic rings. The molecule has 2 N–H and O–H groups in total. The standard InChI is InChI=1S/C13H16ClFN2O3S/c1-17(10-4-5-21(19,20)8-10)7-13(18)16-12-3-2-9(14)6-11(12)15/h2-3,6,10H,4-5,7-8H2,1H3,(H,16,18)/p+1/t10-/m0/s1. The smallest absolute Gasteiger partial charge is 0.279 e. The molecule has 8 heteroatoms. The number of hydrogen-bond acceptors (Lipinski definition) is 3. The van der Waals surface area contributed by atoms with Crippen molar-refractivity contribution >= 4 is 33.0 Å². The van der Waals surface area contributed by atoms with E-state index < -0.39 is 15.7 Å². The third kappa shape index (κ3) is 4.39. The van der Waals surface area contributed by atoms with E-state index in [-0.39, 0.29) is 40.7 Å². The Kier molecular flexibility index (Phi) is 4.85. The Morgan fingerprint density at radius 2 is 2.24 bits per heavy atom. The molecule has 1 aromatic carbocycles. The first-order valence-corrected chi connectivity index (χ1v) is 8.74. The molecule has 0 bridgehead atoms. The highest BCUT2D eigenvalue weighted by atomic mass is 35.5. The minimum atomic E-state index is -2.97. The third-order valence-electron chi connectivity index (χ3n) is 3.57. The summed E-state index contributed by atoms with van der Waals surface area (Å²) in [4.78, 5) is 12.7. The van der Waals surface area contributed by atoms with Crippen LogP contribution in [0.15, 0.2) is 18.2 Å². The van der Waals surface area contributed by atoms with E-state index in [2.05, 4.69) is 5.32 Å². The molecular formula is C13H17ClFN2O3S+. The van der Waals surface area contributed by atoms with Gasteiger partial charge in [-0.15, -0.1) is 0 Å². The average molecular weight is 336 g/mol. The third-order valence-corrected chi connectivity index (χ3v) is 5.58. The number of rotatable bonds is 4. The quantitative estimate of drug-likeness (QED) is 0.821. The maximum atomic E-state index is 13.6. The van der Waals surface area contributed by atoms with Crippen LogP contribution in [0.4, 0.5) is 10.1 Å². The fraction of sp³-hybridized carbons (Fsp3) is 0.462. The molecule has 0 radical (unpaired) electrons. The Morgan fingerprint density at radius 3 is 2.81 bits per heavy atom. The van der Waals surface area contributed by atoms with Gasteiger partial charge in [0.05, 0.1) is 18.5 Å². The molecule has 2 rings (SSSR count). The summed E-state index contributed by atoms with van der Waals surface area (Å²) in [7, 11) is -1.21. The van der Waals surface area contributed by atoms with Crippen LogP contribution < -0.4 is 10.2 Å². The highest BCUT2D eigenvalue weighted by molar-refractivity contribution is 7.91. The molecule has 1 aliphatic heterocycles. The number of likely N-dealkylation sites (N-methyl/N-ethyl adjacent to an activating group) is 1. The number of benzene rings is 1. The summed E-state index contributed by atoms with van der Waals surface area (Å²) < 4.78 is 36.4. The zero-order chi connectivity index (χ0) is 15.6. The highest BCUT2D eigenvalue weighted by Gasteiger charge is 2.34. The molecule has 0 spiro atoms. The Labute approximate surface area is 128 Å². The molecule has 5 nitrogen and oxygen atoms in total. The van der Waals surface area contributed by atoms with Crippen molar-refractivity contribution in [2.24, 2.45) is 0 Å². The van der Waals surface area contributed by atoms with Gasteiger partial charge in [0.15, 0.2) is 16.4 Å². The number of nitrogens with one attached hydrogen (secondary N) is 2. The lowest BCUT2D eigenvalue weighted by molar-refractivity contribution is -0.894. The van der Waals surface area contributed by atoms with E-state index >= 15 is 0 Å². The average Bonchev–Trinajstić information content (AvgIpc) is 2.73. The van der Waals surface area contributed by atoms with Crippen LogP contribution in [-0.2, 0) is 14.6 Å². The van der Waals surface area contributed by atoms with Gasteiger partial charge in [0.2, 0.25) is 0 Å². The van der Waals surface area contributed by atoms with Gasteiger partial charge in [-0.05, 0) is 18.2 Å². The van der Waals surface area contributed by atoms with Crippen LogP contribution in [0.1, 0.15) is 6.42 Å². The largest absolute Gasteiger partial charge is 0.326 e. The maximum absolute atomic E-state index is 13.6. The molecule has 21 heavy (non-hydrogen) atoms. The predicted octanol–water partition coefficient (Wildman–Crippen LogP) is 0.119. The van der Waals surface area contributed by atoms with Crippen molar-refractivity contribution in [3.8, 4) is 0 Å².